The number of pyridine rings is 1. The first-order chi connectivity index (χ1) is 15.9. The van der Waals surface area contributed by atoms with E-state index in [1.54, 1.807) is 24.3 Å². The van der Waals surface area contributed by atoms with E-state index in [1.807, 2.05) is 0 Å². The second-order valence-electron chi connectivity index (χ2n) is 7.09. The summed E-state index contributed by atoms with van der Waals surface area (Å²) < 4.78 is 79.4. The van der Waals surface area contributed by atoms with Crippen molar-refractivity contribution in [3.63, 3.8) is 0 Å². The van der Waals surface area contributed by atoms with Gasteiger partial charge in [0.2, 0.25) is 5.95 Å². The van der Waals surface area contributed by atoms with Gasteiger partial charge >= 0.3 is 12.4 Å². The number of hydrogen-bond acceptors (Lipinski definition) is 6. The molecule has 0 aliphatic heterocycles. The summed E-state index contributed by atoms with van der Waals surface area (Å²) in [5, 5.41) is 5.07. The molecule has 2 heterocycles. The van der Waals surface area contributed by atoms with E-state index in [4.69, 9.17) is 5.73 Å². The quantitative estimate of drug-likeness (QED) is 0.229. The number of halogens is 6. The Labute approximate surface area is 186 Å². The van der Waals surface area contributed by atoms with Crippen LogP contribution in [0.5, 0.6) is 0 Å². The molecule has 2 aromatic carbocycles. The predicted octanol–water partition coefficient (Wildman–Crippen LogP) is 5.43. The summed E-state index contributed by atoms with van der Waals surface area (Å²) in [5.41, 5.74) is 2.38. The monoisotopic (exact) mass is 480 g/mol. The van der Waals surface area contributed by atoms with Gasteiger partial charge in [0.1, 0.15) is 11.2 Å². The summed E-state index contributed by atoms with van der Waals surface area (Å²) in [4.78, 5) is 23.1. The molecule has 0 aliphatic rings. The van der Waals surface area contributed by atoms with Crippen LogP contribution in [0.3, 0.4) is 0 Å². The van der Waals surface area contributed by atoms with E-state index < -0.39 is 34.7 Å². The van der Waals surface area contributed by atoms with E-state index >= 15 is 0 Å². The summed E-state index contributed by atoms with van der Waals surface area (Å²) in [6.45, 7) is 0. The first kappa shape index (κ1) is 22.9. The van der Waals surface area contributed by atoms with Crippen LogP contribution in [-0.2, 0) is 12.4 Å². The van der Waals surface area contributed by atoms with Gasteiger partial charge in [0, 0.05) is 11.9 Å². The van der Waals surface area contributed by atoms with Crippen LogP contribution in [0.15, 0.2) is 59.5 Å². The topological polar surface area (TPSA) is 109 Å². The number of para-hydroxylation sites is 2. The Morgan fingerprint density at radius 2 is 1.50 bits per heavy atom. The van der Waals surface area contributed by atoms with Crippen LogP contribution in [0, 0.1) is 0 Å². The minimum Gasteiger partial charge on any atom is -0.397 e. The molecule has 0 unspecified atom stereocenters. The highest BCUT2D eigenvalue weighted by atomic mass is 19.4. The zero-order valence-electron chi connectivity index (χ0n) is 16.8. The van der Waals surface area contributed by atoms with Gasteiger partial charge in [0.25, 0.3) is 5.56 Å². The fraction of sp³-hybridized carbons (Fsp3) is 0.0952. The summed E-state index contributed by atoms with van der Waals surface area (Å²) >= 11 is 0. The van der Waals surface area contributed by atoms with E-state index in [-0.39, 0.29) is 28.7 Å². The van der Waals surface area contributed by atoms with Crippen molar-refractivity contribution >= 4 is 39.7 Å². The van der Waals surface area contributed by atoms with Crippen LogP contribution in [0.25, 0.3) is 10.9 Å². The van der Waals surface area contributed by atoms with Gasteiger partial charge < -0.3 is 21.4 Å². The highest BCUT2D eigenvalue weighted by molar-refractivity contribution is 5.91. The number of benzene rings is 2. The molecule has 4 rings (SSSR count). The molecular formula is C21H14F6N6O. The third kappa shape index (κ3) is 4.72. The molecule has 0 radical (unpaired) electrons. The predicted molar refractivity (Wildman–Crippen MR) is 114 cm³/mol. The van der Waals surface area contributed by atoms with Gasteiger partial charge in [-0.15, -0.1) is 0 Å². The molecule has 0 amide bonds. The minimum atomic E-state index is -5.04. The molecule has 0 spiro atoms. The van der Waals surface area contributed by atoms with E-state index in [2.05, 4.69) is 25.6 Å². The molecule has 5 N–H and O–H groups in total. The van der Waals surface area contributed by atoms with E-state index in [1.165, 1.54) is 12.3 Å². The molecule has 13 heteroatoms. The van der Waals surface area contributed by atoms with Crippen molar-refractivity contribution in [1.29, 1.82) is 0 Å². The van der Waals surface area contributed by atoms with Crippen LogP contribution in [0.2, 0.25) is 0 Å². The number of anilines is 5. The van der Waals surface area contributed by atoms with Crippen LogP contribution < -0.4 is 21.9 Å². The SMILES string of the molecule is Nc1ccccc1Nc1nc(Nc2cc(C(F)(F)F)cc(C(F)(F)F)c2)c2c(=O)[nH]ccc2n1. The maximum atomic E-state index is 13.2. The second-order valence-corrected chi connectivity index (χ2v) is 7.09. The van der Waals surface area contributed by atoms with Gasteiger partial charge in [-0.05, 0) is 36.4 Å². The minimum absolute atomic E-state index is 0.00122. The lowest BCUT2D eigenvalue weighted by molar-refractivity contribution is -0.143. The number of hydrogen-bond donors (Lipinski definition) is 4. The van der Waals surface area contributed by atoms with Crippen LogP contribution in [0.4, 0.5) is 55.2 Å². The van der Waals surface area contributed by atoms with Crippen molar-refractivity contribution in [2.75, 3.05) is 16.4 Å². The standard InChI is InChI=1S/C21H14F6N6O/c22-20(23,24)10-7-11(21(25,26)27)9-12(8-10)30-17-16-15(5-6-29-18(16)34)32-19(33-17)31-14-4-2-1-3-13(14)28/h1-9H,28H2,(H,29,34)(H2,30,31,32,33). The molecule has 34 heavy (non-hydrogen) atoms. The fourth-order valence-corrected chi connectivity index (χ4v) is 3.13. The number of rotatable bonds is 4. The highest BCUT2D eigenvalue weighted by Crippen LogP contribution is 2.38. The number of aromatic nitrogens is 3. The molecule has 0 aliphatic carbocycles. The fourth-order valence-electron chi connectivity index (χ4n) is 3.13. The average molecular weight is 480 g/mol. The lowest BCUT2D eigenvalue weighted by Gasteiger charge is -2.16. The Morgan fingerprint density at radius 3 is 2.12 bits per heavy atom. The molecule has 0 saturated carbocycles. The number of aromatic amines is 1. The normalized spacial score (nSPS) is 12.1. The van der Waals surface area contributed by atoms with Gasteiger partial charge in [0.05, 0.1) is 28.0 Å². The lowest BCUT2D eigenvalue weighted by atomic mass is 10.1. The van der Waals surface area contributed by atoms with Crippen LogP contribution in [-0.4, -0.2) is 15.0 Å². The molecule has 7 nitrogen and oxygen atoms in total. The number of nitrogens with one attached hydrogen (secondary N) is 3. The second kappa shape index (κ2) is 8.24. The Kier molecular flexibility index (Phi) is 5.55. The summed E-state index contributed by atoms with van der Waals surface area (Å²) in [6.07, 6.45) is -8.80. The number of fused-ring (bicyclic) bond motifs is 1. The van der Waals surface area contributed by atoms with E-state index in [0.717, 1.165) is 0 Å². The van der Waals surface area contributed by atoms with Crippen molar-refractivity contribution in [2.24, 2.45) is 0 Å². The van der Waals surface area contributed by atoms with Gasteiger partial charge in [0.15, 0.2) is 0 Å². The van der Waals surface area contributed by atoms with Crippen molar-refractivity contribution in [1.82, 2.24) is 15.0 Å². The zero-order valence-corrected chi connectivity index (χ0v) is 16.8. The van der Waals surface area contributed by atoms with E-state index in [9.17, 15) is 31.1 Å². The molecule has 2 aromatic heterocycles. The number of nitrogens with two attached hydrogens (primary N) is 1. The maximum absolute atomic E-state index is 13.2. The largest absolute Gasteiger partial charge is 0.416 e. The summed E-state index contributed by atoms with van der Waals surface area (Å²) in [6, 6.07) is 8.93. The van der Waals surface area contributed by atoms with Crippen LogP contribution >= 0.6 is 0 Å². The molecule has 176 valence electrons. The molecule has 0 bridgehead atoms. The Balaban J connectivity index is 1.86. The smallest absolute Gasteiger partial charge is 0.397 e. The maximum Gasteiger partial charge on any atom is 0.416 e. The summed E-state index contributed by atoms with van der Waals surface area (Å²) in [7, 11) is 0. The summed E-state index contributed by atoms with van der Waals surface area (Å²) in [5.74, 6) is -0.405. The first-order valence-electron chi connectivity index (χ1n) is 9.49. The Hall–Kier alpha value is -4.29. The molecule has 4 aromatic rings. The number of nitrogen functional groups attached to an aromatic ring is 1. The van der Waals surface area contributed by atoms with Gasteiger partial charge in [-0.25, -0.2) is 4.98 Å². The van der Waals surface area contributed by atoms with Crippen molar-refractivity contribution in [2.45, 2.75) is 12.4 Å². The Morgan fingerprint density at radius 1 is 0.853 bits per heavy atom. The number of alkyl halides is 6. The third-order valence-corrected chi connectivity index (χ3v) is 4.68. The average Bonchev–Trinajstić information content (AvgIpc) is 2.74. The van der Waals surface area contributed by atoms with Gasteiger partial charge in [-0.2, -0.15) is 31.3 Å². The first-order valence-corrected chi connectivity index (χ1v) is 9.49. The lowest BCUT2D eigenvalue weighted by Crippen LogP contribution is -2.13. The number of nitrogens with zero attached hydrogens (tertiary/aromatic N) is 2. The third-order valence-electron chi connectivity index (χ3n) is 4.68. The molecule has 0 fully saturated rings. The van der Waals surface area contributed by atoms with Crippen molar-refractivity contribution in [3.05, 3.63) is 76.2 Å². The molecule has 0 saturated heterocycles. The van der Waals surface area contributed by atoms with Crippen molar-refractivity contribution in [3.8, 4) is 0 Å². The molecular weight excluding hydrogens is 466 g/mol. The van der Waals surface area contributed by atoms with Crippen LogP contribution in [0.1, 0.15) is 11.1 Å². The van der Waals surface area contributed by atoms with Gasteiger partial charge in [-0.3, -0.25) is 4.79 Å². The number of H-pyrrole nitrogens is 1. The highest BCUT2D eigenvalue weighted by Gasteiger charge is 2.37. The Bertz CT molecular complexity index is 1400. The van der Waals surface area contributed by atoms with E-state index in [0.29, 0.717) is 23.5 Å². The molecule has 0 atom stereocenters. The van der Waals surface area contributed by atoms with Gasteiger partial charge in [-0.1, -0.05) is 12.1 Å². The van der Waals surface area contributed by atoms with Crippen molar-refractivity contribution < 1.29 is 26.3 Å². The zero-order chi connectivity index (χ0) is 24.7.